The van der Waals surface area contributed by atoms with Crippen LogP contribution in [0.3, 0.4) is 0 Å². The van der Waals surface area contributed by atoms with Crippen molar-refractivity contribution >= 4 is 0 Å². The van der Waals surface area contributed by atoms with Gasteiger partial charge in [-0.1, -0.05) is 44.9 Å². The summed E-state index contributed by atoms with van der Waals surface area (Å²) in [4.78, 5) is 0. The monoisotopic (exact) mass is 259 g/mol. The predicted molar refractivity (Wildman–Crippen MR) is 80.8 cm³/mol. The predicted octanol–water partition coefficient (Wildman–Crippen LogP) is 5.91. The van der Waals surface area contributed by atoms with Gasteiger partial charge in [0.25, 0.3) is 0 Å². The van der Waals surface area contributed by atoms with Crippen LogP contribution in [0.1, 0.15) is 89.9 Å². The fourth-order valence-electron chi connectivity index (χ4n) is 6.49. The molecule has 0 saturated heterocycles. The molecular weight excluding hydrogens is 228 g/mol. The Morgan fingerprint density at radius 3 is 2.32 bits per heavy atom. The molecule has 4 fully saturated rings. The quantitative estimate of drug-likeness (QED) is 0.549. The smallest absolute Gasteiger partial charge is 0.0204 e. The van der Waals surface area contributed by atoms with Crippen LogP contribution in [0.15, 0.2) is 0 Å². The molecule has 0 aromatic heterocycles. The highest BCUT2D eigenvalue weighted by atomic mass is 14.5. The molecule has 4 bridgehead atoms. The Balaban J connectivity index is 1.59. The molecule has 0 N–H and O–H groups in total. The first-order valence-electron chi connectivity index (χ1n) is 9.20. The van der Waals surface area contributed by atoms with Crippen molar-refractivity contribution in [2.75, 3.05) is 0 Å². The summed E-state index contributed by atoms with van der Waals surface area (Å²) in [5, 5.41) is 0. The Kier molecular flexibility index (Phi) is 3.40. The summed E-state index contributed by atoms with van der Waals surface area (Å²) < 4.78 is 0. The van der Waals surface area contributed by atoms with Gasteiger partial charge in [-0.3, -0.25) is 0 Å². The Labute approximate surface area is 119 Å². The van der Waals surface area contributed by atoms with Crippen LogP contribution in [-0.4, -0.2) is 0 Å². The molecule has 0 amide bonds. The highest BCUT2D eigenvalue weighted by molar-refractivity contribution is 5.09. The van der Waals surface area contributed by atoms with E-state index in [1.165, 1.54) is 19.3 Å². The first-order chi connectivity index (χ1) is 9.36. The summed E-state index contributed by atoms with van der Waals surface area (Å²) in [5.41, 5.74) is 0.794. The van der Waals surface area contributed by atoms with Crippen molar-refractivity contribution in [3.8, 4) is 0 Å². The molecule has 4 rings (SSSR count). The minimum absolute atomic E-state index is 0.794. The lowest BCUT2D eigenvalue weighted by atomic mass is 9.53. The number of hydrogen-bond donors (Lipinski definition) is 0. The highest BCUT2D eigenvalue weighted by Crippen LogP contribution is 2.59. The Bertz CT molecular complexity index is 308. The van der Waals surface area contributed by atoms with Crippen LogP contribution in [0.25, 0.3) is 0 Å². The Morgan fingerprint density at radius 1 is 0.684 bits per heavy atom. The van der Waals surface area contributed by atoms with Gasteiger partial charge in [0.2, 0.25) is 0 Å². The number of rotatable bonds is 1. The van der Waals surface area contributed by atoms with E-state index in [9.17, 15) is 0 Å². The van der Waals surface area contributed by atoms with Gasteiger partial charge in [-0.25, -0.2) is 0 Å². The van der Waals surface area contributed by atoms with Crippen LogP contribution >= 0.6 is 0 Å². The number of fused-ring (bicyclic) bond motifs is 5. The maximum Gasteiger partial charge on any atom is -0.0204 e. The van der Waals surface area contributed by atoms with E-state index in [0.717, 1.165) is 23.2 Å². The molecule has 0 aromatic rings. The Morgan fingerprint density at radius 2 is 1.47 bits per heavy atom. The first-order valence-corrected chi connectivity index (χ1v) is 9.20. The highest BCUT2D eigenvalue weighted by Gasteiger charge is 2.48. The second-order valence-corrected chi connectivity index (χ2v) is 8.30. The molecule has 0 spiro atoms. The van der Waals surface area contributed by atoms with Gasteiger partial charge in [0, 0.05) is 0 Å². The molecule has 1 radical (unpaired) electrons. The SMILES string of the molecule is C1C[C]2CCC(C1)CCC2C12CCCC(CCC1)C2. The van der Waals surface area contributed by atoms with Crippen LogP contribution in [0, 0.1) is 29.1 Å². The molecule has 0 heteroatoms. The van der Waals surface area contributed by atoms with Gasteiger partial charge in [-0.05, 0) is 74.0 Å². The van der Waals surface area contributed by atoms with E-state index in [1.54, 1.807) is 70.6 Å². The van der Waals surface area contributed by atoms with Gasteiger partial charge in [-0.15, -0.1) is 0 Å². The van der Waals surface area contributed by atoms with E-state index in [4.69, 9.17) is 0 Å². The molecule has 0 aromatic carbocycles. The van der Waals surface area contributed by atoms with E-state index in [-0.39, 0.29) is 0 Å². The summed E-state index contributed by atoms with van der Waals surface area (Å²) in [6, 6.07) is 0. The van der Waals surface area contributed by atoms with E-state index >= 15 is 0 Å². The molecule has 0 heterocycles. The van der Waals surface area contributed by atoms with Crippen LogP contribution < -0.4 is 0 Å². The minimum atomic E-state index is 0.794. The molecule has 4 aliphatic rings. The third-order valence-electron chi connectivity index (χ3n) is 7.35. The molecule has 0 nitrogen and oxygen atoms in total. The lowest BCUT2D eigenvalue weighted by Gasteiger charge is -2.52. The lowest BCUT2D eigenvalue weighted by Crippen LogP contribution is -2.41. The van der Waals surface area contributed by atoms with Crippen molar-refractivity contribution in [1.29, 1.82) is 0 Å². The van der Waals surface area contributed by atoms with E-state index in [1.807, 2.05) is 5.92 Å². The molecule has 107 valence electrons. The third-order valence-corrected chi connectivity index (χ3v) is 7.35. The van der Waals surface area contributed by atoms with Crippen LogP contribution in [0.5, 0.6) is 0 Å². The third kappa shape index (κ3) is 2.28. The zero-order valence-electron chi connectivity index (χ0n) is 12.6. The first kappa shape index (κ1) is 12.7. The summed E-state index contributed by atoms with van der Waals surface area (Å²) in [7, 11) is 0. The fourth-order valence-corrected chi connectivity index (χ4v) is 6.49. The van der Waals surface area contributed by atoms with Gasteiger partial charge in [-0.2, -0.15) is 0 Å². The maximum atomic E-state index is 2.04. The van der Waals surface area contributed by atoms with E-state index in [2.05, 4.69) is 0 Å². The standard InChI is InChI=1S/C19H31/c1-4-15-8-10-17(7-1)18(11-9-15)19-12-2-5-16(14-19)6-3-13-19/h15-16,18H,1-14H2. The van der Waals surface area contributed by atoms with Crippen molar-refractivity contribution < 1.29 is 0 Å². The van der Waals surface area contributed by atoms with Crippen LogP contribution in [0.2, 0.25) is 0 Å². The van der Waals surface area contributed by atoms with E-state index < -0.39 is 0 Å². The van der Waals surface area contributed by atoms with Crippen LogP contribution in [-0.2, 0) is 0 Å². The van der Waals surface area contributed by atoms with Crippen molar-refractivity contribution in [3.63, 3.8) is 0 Å². The average Bonchev–Trinajstić information content (AvgIpc) is 2.73. The summed E-state index contributed by atoms with van der Waals surface area (Å²) in [5.74, 6) is 5.32. The topological polar surface area (TPSA) is 0 Å². The molecule has 2 atom stereocenters. The molecule has 4 saturated carbocycles. The minimum Gasteiger partial charge on any atom is -0.0525 e. The molecule has 4 aliphatic carbocycles. The fraction of sp³-hybridized carbons (Fsp3) is 0.947. The molecular formula is C19H31. The maximum absolute atomic E-state index is 2.04. The number of hydrogen-bond acceptors (Lipinski definition) is 0. The average molecular weight is 259 g/mol. The van der Waals surface area contributed by atoms with Gasteiger partial charge >= 0.3 is 0 Å². The van der Waals surface area contributed by atoms with Gasteiger partial charge < -0.3 is 0 Å². The summed E-state index contributed by atoms with van der Waals surface area (Å²) in [6.45, 7) is 0. The van der Waals surface area contributed by atoms with Gasteiger partial charge in [0.1, 0.15) is 0 Å². The second-order valence-electron chi connectivity index (χ2n) is 8.30. The van der Waals surface area contributed by atoms with Crippen molar-refractivity contribution in [1.82, 2.24) is 0 Å². The van der Waals surface area contributed by atoms with Crippen molar-refractivity contribution in [2.24, 2.45) is 23.2 Å². The zero-order chi connectivity index (χ0) is 12.7. The van der Waals surface area contributed by atoms with Crippen molar-refractivity contribution in [3.05, 3.63) is 5.92 Å². The normalized spacial score (nSPS) is 47.7. The summed E-state index contributed by atoms with van der Waals surface area (Å²) >= 11 is 0. The van der Waals surface area contributed by atoms with Crippen molar-refractivity contribution in [2.45, 2.75) is 89.9 Å². The zero-order valence-corrected chi connectivity index (χ0v) is 12.6. The molecule has 0 aliphatic heterocycles. The largest absolute Gasteiger partial charge is 0.0525 e. The van der Waals surface area contributed by atoms with Crippen LogP contribution in [0.4, 0.5) is 0 Å². The molecule has 2 unspecified atom stereocenters. The van der Waals surface area contributed by atoms with Gasteiger partial charge in [0.05, 0.1) is 0 Å². The Hall–Kier alpha value is 0. The van der Waals surface area contributed by atoms with Gasteiger partial charge in [0.15, 0.2) is 0 Å². The lowest BCUT2D eigenvalue weighted by molar-refractivity contribution is 0.0152. The summed E-state index contributed by atoms with van der Waals surface area (Å²) in [6.07, 6.45) is 21.8. The second kappa shape index (κ2) is 5.08. The molecule has 19 heavy (non-hydrogen) atoms. The van der Waals surface area contributed by atoms with E-state index in [0.29, 0.717) is 0 Å².